The van der Waals surface area contributed by atoms with E-state index in [4.69, 9.17) is 4.52 Å². The van der Waals surface area contributed by atoms with Gasteiger partial charge in [-0.1, -0.05) is 50.2 Å². The average Bonchev–Trinajstić information content (AvgIpc) is 3.17. The van der Waals surface area contributed by atoms with E-state index in [9.17, 15) is 14.4 Å². The lowest BCUT2D eigenvalue weighted by Gasteiger charge is -2.27. The van der Waals surface area contributed by atoms with Gasteiger partial charge in [0.1, 0.15) is 5.76 Å². The van der Waals surface area contributed by atoms with Crippen molar-refractivity contribution in [2.75, 3.05) is 11.9 Å². The Labute approximate surface area is 174 Å². The second kappa shape index (κ2) is 7.40. The van der Waals surface area contributed by atoms with Crippen molar-refractivity contribution in [3.8, 4) is 0 Å². The number of nitrogens with zero attached hydrogens (tertiary/aromatic N) is 2. The molecule has 4 rings (SSSR count). The highest BCUT2D eigenvalue weighted by atomic mass is 16.5. The van der Waals surface area contributed by atoms with Crippen LogP contribution in [0.15, 0.2) is 47.0 Å². The Morgan fingerprint density at radius 1 is 1.07 bits per heavy atom. The topological polar surface area (TPSA) is 92.5 Å². The first-order valence-corrected chi connectivity index (χ1v) is 9.91. The molecule has 0 bridgehead atoms. The van der Waals surface area contributed by atoms with E-state index in [1.54, 1.807) is 18.2 Å². The first-order valence-electron chi connectivity index (χ1n) is 9.91. The molecular formula is C23H23N3O4. The Bertz CT molecular complexity index is 1110. The lowest BCUT2D eigenvalue weighted by atomic mass is 9.93. The van der Waals surface area contributed by atoms with Gasteiger partial charge < -0.3 is 9.84 Å². The summed E-state index contributed by atoms with van der Waals surface area (Å²) in [6.07, 6.45) is 0.506. The molecule has 30 heavy (non-hydrogen) atoms. The van der Waals surface area contributed by atoms with Gasteiger partial charge in [-0.25, -0.2) is 0 Å². The fourth-order valence-corrected chi connectivity index (χ4v) is 3.57. The molecule has 1 aliphatic heterocycles. The van der Waals surface area contributed by atoms with Gasteiger partial charge in [0.15, 0.2) is 5.82 Å². The van der Waals surface area contributed by atoms with Crippen molar-refractivity contribution in [3.63, 3.8) is 0 Å². The highest BCUT2D eigenvalue weighted by molar-refractivity contribution is 6.25. The first kappa shape index (κ1) is 19.8. The van der Waals surface area contributed by atoms with Crippen molar-refractivity contribution >= 4 is 34.3 Å². The molecule has 3 amide bonds. The molecule has 2 aromatic carbocycles. The van der Waals surface area contributed by atoms with Gasteiger partial charge >= 0.3 is 0 Å². The molecular weight excluding hydrogens is 382 g/mol. The number of aromatic nitrogens is 1. The minimum Gasteiger partial charge on any atom is -0.359 e. The number of hydrogen-bond acceptors (Lipinski definition) is 5. The van der Waals surface area contributed by atoms with Gasteiger partial charge in [0, 0.05) is 41.0 Å². The van der Waals surface area contributed by atoms with Gasteiger partial charge in [0.05, 0.1) is 0 Å². The number of imide groups is 1. The van der Waals surface area contributed by atoms with Crippen LogP contribution in [-0.4, -0.2) is 34.3 Å². The van der Waals surface area contributed by atoms with E-state index in [0.29, 0.717) is 34.5 Å². The van der Waals surface area contributed by atoms with Crippen molar-refractivity contribution in [2.45, 2.75) is 39.0 Å². The summed E-state index contributed by atoms with van der Waals surface area (Å²) in [7, 11) is 0. The molecule has 3 aromatic rings. The van der Waals surface area contributed by atoms with Crippen molar-refractivity contribution in [2.24, 2.45) is 0 Å². The van der Waals surface area contributed by atoms with Crippen LogP contribution in [0.4, 0.5) is 5.82 Å². The highest BCUT2D eigenvalue weighted by Gasteiger charge is 2.32. The molecule has 7 heteroatoms. The number of hydrogen-bond donors (Lipinski definition) is 1. The van der Waals surface area contributed by atoms with Crippen molar-refractivity contribution in [3.05, 3.63) is 59.4 Å². The Morgan fingerprint density at radius 2 is 1.70 bits per heavy atom. The average molecular weight is 405 g/mol. The summed E-state index contributed by atoms with van der Waals surface area (Å²) in [5, 5.41) is 8.13. The maximum Gasteiger partial charge on any atom is 0.261 e. The highest BCUT2D eigenvalue weighted by Crippen LogP contribution is 2.30. The first-order chi connectivity index (χ1) is 14.3. The summed E-state index contributed by atoms with van der Waals surface area (Å²) in [4.78, 5) is 39.2. The third-order valence-electron chi connectivity index (χ3n) is 5.16. The molecule has 0 spiro atoms. The second-order valence-electron chi connectivity index (χ2n) is 8.45. The Kier molecular flexibility index (Phi) is 4.89. The third-order valence-corrected chi connectivity index (χ3v) is 5.16. The summed E-state index contributed by atoms with van der Waals surface area (Å²) >= 11 is 0. The summed E-state index contributed by atoms with van der Waals surface area (Å²) in [5.41, 5.74) is 0.832. The van der Waals surface area contributed by atoms with Crippen LogP contribution in [0.2, 0.25) is 0 Å². The van der Waals surface area contributed by atoms with Crippen LogP contribution in [0.3, 0.4) is 0 Å². The zero-order valence-corrected chi connectivity index (χ0v) is 17.2. The normalized spacial score (nSPS) is 13.8. The summed E-state index contributed by atoms with van der Waals surface area (Å²) in [6, 6.07) is 12.6. The third kappa shape index (κ3) is 3.58. The zero-order chi connectivity index (χ0) is 21.5. The van der Waals surface area contributed by atoms with Crippen LogP contribution in [0.25, 0.3) is 10.8 Å². The second-order valence-corrected chi connectivity index (χ2v) is 8.45. The van der Waals surface area contributed by atoms with Crippen LogP contribution in [0.5, 0.6) is 0 Å². The molecule has 0 fully saturated rings. The number of carbonyl (C=O) groups is 3. The van der Waals surface area contributed by atoms with Gasteiger partial charge in [0.25, 0.3) is 11.8 Å². The van der Waals surface area contributed by atoms with Gasteiger partial charge in [0.2, 0.25) is 5.91 Å². The largest absolute Gasteiger partial charge is 0.359 e. The van der Waals surface area contributed by atoms with E-state index in [1.165, 1.54) is 4.90 Å². The number of anilines is 1. The zero-order valence-electron chi connectivity index (χ0n) is 17.2. The molecule has 0 aliphatic carbocycles. The molecule has 1 aromatic heterocycles. The van der Waals surface area contributed by atoms with Crippen LogP contribution in [0.1, 0.15) is 60.1 Å². The quantitative estimate of drug-likeness (QED) is 0.644. The van der Waals surface area contributed by atoms with E-state index in [0.717, 1.165) is 5.39 Å². The van der Waals surface area contributed by atoms with Crippen LogP contribution >= 0.6 is 0 Å². The van der Waals surface area contributed by atoms with Crippen LogP contribution in [0, 0.1) is 0 Å². The van der Waals surface area contributed by atoms with Crippen LogP contribution < -0.4 is 5.32 Å². The van der Waals surface area contributed by atoms with Crippen molar-refractivity contribution in [1.82, 2.24) is 10.1 Å². The maximum atomic E-state index is 12.9. The molecule has 2 heterocycles. The number of benzene rings is 2. The smallest absolute Gasteiger partial charge is 0.261 e. The molecule has 0 radical (unpaired) electrons. The molecule has 0 atom stereocenters. The minimum absolute atomic E-state index is 0.153. The Morgan fingerprint density at radius 3 is 2.27 bits per heavy atom. The van der Waals surface area contributed by atoms with Crippen molar-refractivity contribution in [1.29, 1.82) is 0 Å². The SMILES string of the molecule is CC(C)(C)c1cc(NC(=O)CCCN2C(=O)c3cccc4cccc(c34)C2=O)no1. The van der Waals surface area contributed by atoms with Gasteiger partial charge in [-0.3, -0.25) is 19.3 Å². The summed E-state index contributed by atoms with van der Waals surface area (Å²) < 4.78 is 5.26. The molecule has 1 aliphatic rings. The van der Waals surface area contributed by atoms with E-state index >= 15 is 0 Å². The van der Waals surface area contributed by atoms with Gasteiger partial charge in [-0.15, -0.1) is 0 Å². The molecule has 1 N–H and O–H groups in total. The molecule has 7 nitrogen and oxygen atoms in total. The standard InChI is InChI=1S/C23H23N3O4/c1-23(2,3)17-13-18(25-30-17)24-19(27)11-6-12-26-21(28)15-9-4-7-14-8-5-10-16(20(14)15)22(26)29/h4-5,7-10,13H,6,11-12H2,1-3H3,(H,24,25,27). The number of nitrogens with one attached hydrogen (secondary N) is 1. The maximum absolute atomic E-state index is 12.9. The van der Waals surface area contributed by atoms with Crippen LogP contribution in [-0.2, 0) is 10.2 Å². The van der Waals surface area contributed by atoms with E-state index in [2.05, 4.69) is 10.5 Å². The number of carbonyl (C=O) groups excluding carboxylic acids is 3. The molecule has 0 unspecified atom stereocenters. The monoisotopic (exact) mass is 405 g/mol. The van der Waals surface area contributed by atoms with E-state index < -0.39 is 0 Å². The Hall–Kier alpha value is -3.48. The van der Waals surface area contributed by atoms with E-state index in [1.807, 2.05) is 45.0 Å². The lowest BCUT2D eigenvalue weighted by molar-refractivity contribution is -0.116. The Balaban J connectivity index is 1.40. The summed E-state index contributed by atoms with van der Waals surface area (Å²) in [5.74, 6) is 0.140. The fourth-order valence-electron chi connectivity index (χ4n) is 3.57. The molecule has 0 saturated heterocycles. The van der Waals surface area contributed by atoms with E-state index in [-0.39, 0.29) is 36.1 Å². The number of rotatable bonds is 5. The number of amides is 3. The minimum atomic E-state index is -0.323. The molecule has 154 valence electrons. The van der Waals surface area contributed by atoms with Gasteiger partial charge in [-0.2, -0.15) is 0 Å². The predicted octanol–water partition coefficient (Wildman–Crippen LogP) is 4.14. The van der Waals surface area contributed by atoms with Gasteiger partial charge in [-0.05, 0) is 23.9 Å². The lowest BCUT2D eigenvalue weighted by Crippen LogP contribution is -2.41. The van der Waals surface area contributed by atoms with Crippen molar-refractivity contribution < 1.29 is 18.9 Å². The summed E-state index contributed by atoms with van der Waals surface area (Å²) in [6.45, 7) is 6.14. The predicted molar refractivity (Wildman–Crippen MR) is 112 cm³/mol. The molecule has 0 saturated carbocycles. The fraction of sp³-hybridized carbons (Fsp3) is 0.304.